The SMILES string of the molecule is COc1cccc(C(=O)NCCN(C(C)=O)c2ccc(Br)cc2)c1. The molecule has 0 heterocycles. The fraction of sp³-hybridized carbons (Fsp3) is 0.222. The first kappa shape index (κ1) is 18.0. The van der Waals surface area contributed by atoms with Gasteiger partial charge in [-0.25, -0.2) is 0 Å². The number of hydrogen-bond acceptors (Lipinski definition) is 3. The van der Waals surface area contributed by atoms with Crippen LogP contribution in [0.25, 0.3) is 0 Å². The van der Waals surface area contributed by atoms with E-state index >= 15 is 0 Å². The number of carbonyl (C=O) groups excluding carboxylic acids is 2. The highest BCUT2D eigenvalue weighted by atomic mass is 79.9. The molecule has 0 unspecified atom stereocenters. The Bertz CT molecular complexity index is 716. The first-order valence-corrected chi connectivity index (χ1v) is 8.26. The van der Waals surface area contributed by atoms with Gasteiger partial charge in [0, 0.05) is 35.7 Å². The third-order valence-corrected chi connectivity index (χ3v) is 4.00. The number of carbonyl (C=O) groups is 2. The van der Waals surface area contributed by atoms with Crippen LogP contribution in [0, 0.1) is 0 Å². The predicted octanol–water partition coefficient (Wildman–Crippen LogP) is 3.24. The van der Waals surface area contributed by atoms with E-state index < -0.39 is 0 Å². The highest BCUT2D eigenvalue weighted by molar-refractivity contribution is 9.10. The van der Waals surface area contributed by atoms with E-state index in [4.69, 9.17) is 4.74 Å². The Balaban J connectivity index is 1.96. The van der Waals surface area contributed by atoms with E-state index in [0.717, 1.165) is 10.2 Å². The van der Waals surface area contributed by atoms with Crippen molar-refractivity contribution >= 4 is 33.4 Å². The van der Waals surface area contributed by atoms with Gasteiger partial charge in [-0.15, -0.1) is 0 Å². The molecule has 2 aromatic rings. The normalized spacial score (nSPS) is 10.1. The maximum atomic E-state index is 12.2. The molecule has 0 saturated carbocycles. The van der Waals surface area contributed by atoms with Crippen molar-refractivity contribution in [2.75, 3.05) is 25.1 Å². The smallest absolute Gasteiger partial charge is 0.251 e. The summed E-state index contributed by atoms with van der Waals surface area (Å²) in [4.78, 5) is 25.6. The fourth-order valence-corrected chi connectivity index (χ4v) is 2.50. The van der Waals surface area contributed by atoms with Gasteiger partial charge in [-0.2, -0.15) is 0 Å². The van der Waals surface area contributed by atoms with Crippen LogP contribution in [0.4, 0.5) is 5.69 Å². The molecule has 0 radical (unpaired) electrons. The van der Waals surface area contributed by atoms with Crippen molar-refractivity contribution in [1.82, 2.24) is 5.32 Å². The molecule has 0 fully saturated rings. The molecule has 126 valence electrons. The molecule has 2 rings (SSSR count). The summed E-state index contributed by atoms with van der Waals surface area (Å²) >= 11 is 3.37. The molecule has 1 N–H and O–H groups in total. The molecular formula is C18H19BrN2O3. The van der Waals surface area contributed by atoms with E-state index in [1.807, 2.05) is 24.3 Å². The third kappa shape index (κ3) is 4.83. The van der Waals surface area contributed by atoms with Crippen LogP contribution in [-0.2, 0) is 4.79 Å². The monoisotopic (exact) mass is 390 g/mol. The Morgan fingerprint density at radius 2 is 1.88 bits per heavy atom. The number of halogens is 1. The second-order valence-electron chi connectivity index (χ2n) is 5.13. The topological polar surface area (TPSA) is 58.6 Å². The number of amides is 2. The second kappa shape index (κ2) is 8.49. The number of ether oxygens (including phenoxy) is 1. The minimum atomic E-state index is -0.201. The van der Waals surface area contributed by atoms with Crippen LogP contribution in [0.5, 0.6) is 5.75 Å². The number of nitrogens with one attached hydrogen (secondary N) is 1. The van der Waals surface area contributed by atoms with Gasteiger partial charge in [0.15, 0.2) is 0 Å². The minimum absolute atomic E-state index is 0.0760. The Morgan fingerprint density at radius 3 is 2.50 bits per heavy atom. The fourth-order valence-electron chi connectivity index (χ4n) is 2.24. The number of anilines is 1. The average Bonchev–Trinajstić information content (AvgIpc) is 2.59. The van der Waals surface area contributed by atoms with E-state index in [2.05, 4.69) is 21.2 Å². The van der Waals surface area contributed by atoms with Crippen LogP contribution in [0.15, 0.2) is 53.0 Å². The lowest BCUT2D eigenvalue weighted by Crippen LogP contribution is -2.37. The van der Waals surface area contributed by atoms with Crippen LogP contribution in [0.2, 0.25) is 0 Å². The maximum absolute atomic E-state index is 12.2. The maximum Gasteiger partial charge on any atom is 0.251 e. The summed E-state index contributed by atoms with van der Waals surface area (Å²) in [7, 11) is 1.56. The number of nitrogens with zero attached hydrogens (tertiary/aromatic N) is 1. The first-order valence-electron chi connectivity index (χ1n) is 7.47. The Kier molecular flexibility index (Phi) is 6.37. The number of benzene rings is 2. The molecule has 0 aromatic heterocycles. The molecule has 2 aromatic carbocycles. The van der Waals surface area contributed by atoms with Gasteiger partial charge in [0.25, 0.3) is 5.91 Å². The molecule has 6 heteroatoms. The van der Waals surface area contributed by atoms with Crippen molar-refractivity contribution in [3.05, 3.63) is 58.6 Å². The van der Waals surface area contributed by atoms with Crippen LogP contribution in [0.3, 0.4) is 0 Å². The summed E-state index contributed by atoms with van der Waals surface area (Å²) in [6.07, 6.45) is 0. The third-order valence-electron chi connectivity index (χ3n) is 3.47. The summed E-state index contributed by atoms with van der Waals surface area (Å²) in [5, 5.41) is 2.82. The van der Waals surface area contributed by atoms with Crippen LogP contribution in [-0.4, -0.2) is 32.0 Å². The molecule has 0 aliphatic heterocycles. The zero-order valence-electron chi connectivity index (χ0n) is 13.6. The Hall–Kier alpha value is -2.34. The van der Waals surface area contributed by atoms with Crippen molar-refractivity contribution < 1.29 is 14.3 Å². The van der Waals surface area contributed by atoms with Crippen molar-refractivity contribution in [3.63, 3.8) is 0 Å². The lowest BCUT2D eigenvalue weighted by molar-refractivity contribution is -0.116. The highest BCUT2D eigenvalue weighted by Crippen LogP contribution is 2.18. The van der Waals surface area contributed by atoms with Crippen molar-refractivity contribution in [2.24, 2.45) is 0 Å². The van der Waals surface area contributed by atoms with Gasteiger partial charge in [-0.05, 0) is 42.5 Å². The molecule has 5 nitrogen and oxygen atoms in total. The van der Waals surface area contributed by atoms with Gasteiger partial charge in [0.2, 0.25) is 5.91 Å². The minimum Gasteiger partial charge on any atom is -0.497 e. The lowest BCUT2D eigenvalue weighted by Gasteiger charge is -2.21. The van der Waals surface area contributed by atoms with E-state index in [1.165, 1.54) is 6.92 Å². The molecule has 0 saturated heterocycles. The average molecular weight is 391 g/mol. The largest absolute Gasteiger partial charge is 0.497 e. The number of rotatable bonds is 6. The summed E-state index contributed by atoms with van der Waals surface area (Å²) < 4.78 is 6.06. The molecule has 0 aliphatic rings. The standard InChI is InChI=1S/C18H19BrN2O3/c1-13(22)21(16-8-6-15(19)7-9-16)11-10-20-18(23)14-4-3-5-17(12-14)24-2/h3-9,12H,10-11H2,1-2H3,(H,20,23). The predicted molar refractivity (Wildman–Crippen MR) is 97.5 cm³/mol. The summed E-state index contributed by atoms with van der Waals surface area (Å²) in [5.41, 5.74) is 1.31. The molecule has 0 spiro atoms. The number of methoxy groups -OCH3 is 1. The highest BCUT2D eigenvalue weighted by Gasteiger charge is 2.12. The quantitative estimate of drug-likeness (QED) is 0.823. The van der Waals surface area contributed by atoms with Crippen molar-refractivity contribution in [1.29, 1.82) is 0 Å². The van der Waals surface area contributed by atoms with E-state index in [0.29, 0.717) is 24.4 Å². The first-order chi connectivity index (χ1) is 11.5. The van der Waals surface area contributed by atoms with Gasteiger partial charge in [-0.3, -0.25) is 9.59 Å². The summed E-state index contributed by atoms with van der Waals surface area (Å²) in [6.45, 7) is 2.25. The van der Waals surface area contributed by atoms with Crippen LogP contribution in [0.1, 0.15) is 17.3 Å². The molecule has 0 bridgehead atoms. The molecule has 2 amide bonds. The van der Waals surface area contributed by atoms with E-state index in [-0.39, 0.29) is 11.8 Å². The Morgan fingerprint density at radius 1 is 1.17 bits per heavy atom. The van der Waals surface area contributed by atoms with Crippen LogP contribution >= 0.6 is 15.9 Å². The number of hydrogen-bond donors (Lipinski definition) is 1. The Labute approximate surface area is 149 Å². The van der Waals surface area contributed by atoms with Gasteiger partial charge in [-0.1, -0.05) is 22.0 Å². The molecule has 0 aliphatic carbocycles. The zero-order chi connectivity index (χ0) is 17.5. The lowest BCUT2D eigenvalue weighted by atomic mass is 10.2. The van der Waals surface area contributed by atoms with Crippen LogP contribution < -0.4 is 15.0 Å². The van der Waals surface area contributed by atoms with E-state index in [1.54, 1.807) is 36.3 Å². The van der Waals surface area contributed by atoms with Crippen molar-refractivity contribution in [3.8, 4) is 5.75 Å². The molecule has 24 heavy (non-hydrogen) atoms. The van der Waals surface area contributed by atoms with E-state index in [9.17, 15) is 9.59 Å². The molecule has 0 atom stereocenters. The zero-order valence-corrected chi connectivity index (χ0v) is 15.2. The second-order valence-corrected chi connectivity index (χ2v) is 6.05. The van der Waals surface area contributed by atoms with Gasteiger partial charge < -0.3 is 15.0 Å². The van der Waals surface area contributed by atoms with Gasteiger partial charge in [0.1, 0.15) is 5.75 Å². The summed E-state index contributed by atoms with van der Waals surface area (Å²) in [6, 6.07) is 14.4. The molecular weight excluding hydrogens is 372 g/mol. The van der Waals surface area contributed by atoms with Gasteiger partial charge >= 0.3 is 0 Å². The summed E-state index contributed by atoms with van der Waals surface area (Å²) in [5.74, 6) is 0.351. The van der Waals surface area contributed by atoms with Crippen molar-refractivity contribution in [2.45, 2.75) is 6.92 Å². The van der Waals surface area contributed by atoms with Gasteiger partial charge in [0.05, 0.1) is 7.11 Å².